The largest absolute Gasteiger partial charge is 0.334 e. The number of benzene rings is 3. The summed E-state index contributed by atoms with van der Waals surface area (Å²) in [4.78, 5) is 32.6. The molecule has 0 spiro atoms. The van der Waals surface area contributed by atoms with Gasteiger partial charge in [-0.3, -0.25) is 19.9 Å². The Labute approximate surface area is 229 Å². The molecule has 1 heterocycles. The molecule has 37 heavy (non-hydrogen) atoms. The maximum Gasteiger partial charge on any atom is 0.269 e. The molecule has 0 saturated carbocycles. The van der Waals surface area contributed by atoms with Gasteiger partial charge in [-0.1, -0.05) is 58.7 Å². The Hall–Kier alpha value is -3.39. The fourth-order valence-electron chi connectivity index (χ4n) is 3.72. The average Bonchev–Trinajstić information content (AvgIpc) is 2.88. The summed E-state index contributed by atoms with van der Waals surface area (Å²) in [5, 5.41) is 12.2. The number of nitro groups is 1. The second-order valence-electron chi connectivity index (χ2n) is 8.39. The Bertz CT molecular complexity index is 1420. The molecule has 4 aromatic rings. The van der Waals surface area contributed by atoms with Crippen molar-refractivity contribution in [3.63, 3.8) is 0 Å². The minimum atomic E-state index is -0.431. The van der Waals surface area contributed by atoms with Crippen LogP contribution in [0.25, 0.3) is 0 Å². The molecule has 3 aromatic carbocycles. The number of aromatic nitrogens is 1. The average molecular weight is 552 g/mol. The van der Waals surface area contributed by atoms with Crippen molar-refractivity contribution in [2.24, 2.45) is 0 Å². The number of amides is 1. The van der Waals surface area contributed by atoms with Crippen LogP contribution in [-0.4, -0.2) is 27.3 Å². The summed E-state index contributed by atoms with van der Waals surface area (Å²) in [6, 6.07) is 23.1. The summed E-state index contributed by atoms with van der Waals surface area (Å²) in [6.07, 6.45) is 2.21. The normalized spacial score (nSPS) is 10.8. The molecule has 0 N–H and O–H groups in total. The van der Waals surface area contributed by atoms with Crippen molar-refractivity contribution in [1.82, 2.24) is 9.88 Å². The topological polar surface area (TPSA) is 76.3 Å². The lowest BCUT2D eigenvalue weighted by Gasteiger charge is -2.24. The number of carbonyl (C=O) groups excluding carboxylic acids is 1. The second kappa shape index (κ2) is 12.2. The molecule has 0 aliphatic carbocycles. The number of hydrogen-bond acceptors (Lipinski definition) is 5. The molecule has 188 valence electrons. The summed E-state index contributed by atoms with van der Waals surface area (Å²) in [6.45, 7) is 2.51. The van der Waals surface area contributed by atoms with E-state index in [1.54, 1.807) is 29.3 Å². The Kier molecular flexibility index (Phi) is 8.82. The number of halogens is 2. The quantitative estimate of drug-likeness (QED) is 0.158. The van der Waals surface area contributed by atoms with Crippen LogP contribution in [0.3, 0.4) is 0 Å². The first-order chi connectivity index (χ1) is 17.8. The predicted octanol–water partition coefficient (Wildman–Crippen LogP) is 7.64. The number of rotatable bonds is 9. The Balaban J connectivity index is 1.69. The van der Waals surface area contributed by atoms with Crippen molar-refractivity contribution in [2.75, 3.05) is 6.54 Å². The third-order valence-corrected chi connectivity index (χ3v) is 7.35. The van der Waals surface area contributed by atoms with Crippen molar-refractivity contribution in [2.45, 2.75) is 29.7 Å². The van der Waals surface area contributed by atoms with Gasteiger partial charge in [0.05, 0.1) is 15.5 Å². The summed E-state index contributed by atoms with van der Waals surface area (Å²) in [7, 11) is 0. The molecule has 0 unspecified atom stereocenters. The summed E-state index contributed by atoms with van der Waals surface area (Å²) in [5.74, 6) is -0.296. The lowest BCUT2D eigenvalue weighted by Crippen LogP contribution is -2.33. The molecule has 0 bridgehead atoms. The van der Waals surface area contributed by atoms with Gasteiger partial charge in [-0.2, -0.15) is 0 Å². The molecular weight excluding hydrogens is 529 g/mol. The van der Waals surface area contributed by atoms with E-state index in [0.717, 1.165) is 21.0 Å². The SMILES string of the molecule is Cc1ccc(Sc2ccc([N+](=O)[O-])cc2CN(CCc2ccccn2)C(=O)c2ccc(Cl)cc2Cl)cc1. The number of aryl methyl sites for hydroxylation is 1. The van der Waals surface area contributed by atoms with Crippen molar-refractivity contribution in [3.05, 3.63) is 128 Å². The van der Waals surface area contributed by atoms with E-state index in [9.17, 15) is 14.9 Å². The molecule has 1 amide bonds. The van der Waals surface area contributed by atoms with Crippen LogP contribution >= 0.6 is 35.0 Å². The molecule has 0 aliphatic heterocycles. The highest BCUT2D eigenvalue weighted by Gasteiger charge is 2.22. The lowest BCUT2D eigenvalue weighted by molar-refractivity contribution is -0.385. The number of carbonyl (C=O) groups is 1. The fourth-order valence-corrected chi connectivity index (χ4v) is 5.13. The Morgan fingerprint density at radius 3 is 2.49 bits per heavy atom. The summed E-state index contributed by atoms with van der Waals surface area (Å²) < 4.78 is 0. The van der Waals surface area contributed by atoms with Crippen LogP contribution in [0.4, 0.5) is 5.69 Å². The molecule has 0 aliphatic rings. The molecular formula is C28H23Cl2N3O3S. The van der Waals surface area contributed by atoms with Crippen molar-refractivity contribution >= 4 is 46.6 Å². The van der Waals surface area contributed by atoms with E-state index < -0.39 is 4.92 Å². The van der Waals surface area contributed by atoms with Crippen LogP contribution in [0.15, 0.2) is 94.9 Å². The minimum absolute atomic E-state index is 0.0371. The van der Waals surface area contributed by atoms with E-state index in [2.05, 4.69) is 4.98 Å². The van der Waals surface area contributed by atoms with Crippen LogP contribution in [0.5, 0.6) is 0 Å². The van der Waals surface area contributed by atoms with Gasteiger partial charge in [0.25, 0.3) is 11.6 Å². The smallest absolute Gasteiger partial charge is 0.269 e. The van der Waals surface area contributed by atoms with Crippen LogP contribution in [0.2, 0.25) is 10.0 Å². The molecule has 1 aromatic heterocycles. The van der Waals surface area contributed by atoms with E-state index in [-0.39, 0.29) is 23.2 Å². The van der Waals surface area contributed by atoms with Crippen LogP contribution in [0.1, 0.15) is 27.2 Å². The maximum atomic E-state index is 13.7. The van der Waals surface area contributed by atoms with Crippen molar-refractivity contribution in [1.29, 1.82) is 0 Å². The number of pyridine rings is 1. The van der Waals surface area contributed by atoms with E-state index in [4.69, 9.17) is 23.2 Å². The van der Waals surface area contributed by atoms with Crippen LogP contribution < -0.4 is 0 Å². The zero-order chi connectivity index (χ0) is 26.4. The van der Waals surface area contributed by atoms with Gasteiger partial charge in [0.2, 0.25) is 0 Å². The number of nitrogens with zero attached hydrogens (tertiary/aromatic N) is 3. The lowest BCUT2D eigenvalue weighted by atomic mass is 10.1. The summed E-state index contributed by atoms with van der Waals surface area (Å²) >= 11 is 13.9. The fraction of sp³-hybridized carbons (Fsp3) is 0.143. The van der Waals surface area contributed by atoms with Gasteiger partial charge >= 0.3 is 0 Å². The van der Waals surface area contributed by atoms with Crippen LogP contribution in [0, 0.1) is 17.0 Å². The maximum absolute atomic E-state index is 13.7. The van der Waals surface area contributed by atoms with E-state index >= 15 is 0 Å². The van der Waals surface area contributed by atoms with Gasteiger partial charge < -0.3 is 4.90 Å². The molecule has 0 saturated heterocycles. The molecule has 4 rings (SSSR count). The molecule has 0 radical (unpaired) electrons. The third kappa shape index (κ3) is 7.10. The van der Waals surface area contributed by atoms with Crippen LogP contribution in [-0.2, 0) is 13.0 Å². The molecule has 6 nitrogen and oxygen atoms in total. The van der Waals surface area contributed by atoms with Crippen molar-refractivity contribution < 1.29 is 9.72 Å². The van der Waals surface area contributed by atoms with Gasteiger partial charge in [-0.25, -0.2) is 0 Å². The van der Waals surface area contributed by atoms with Gasteiger partial charge in [-0.15, -0.1) is 0 Å². The number of nitro benzene ring substituents is 1. The summed E-state index contributed by atoms with van der Waals surface area (Å²) in [5.41, 5.74) is 2.91. The zero-order valence-corrected chi connectivity index (χ0v) is 22.3. The van der Waals surface area contributed by atoms with E-state index in [1.165, 1.54) is 30.0 Å². The first-order valence-electron chi connectivity index (χ1n) is 11.5. The van der Waals surface area contributed by atoms with E-state index in [0.29, 0.717) is 29.1 Å². The number of non-ortho nitro benzene ring substituents is 1. The van der Waals surface area contributed by atoms with Gasteiger partial charge in [0, 0.05) is 58.3 Å². The van der Waals surface area contributed by atoms with E-state index in [1.807, 2.05) is 49.4 Å². The first kappa shape index (κ1) is 26.7. The predicted molar refractivity (Wildman–Crippen MR) is 148 cm³/mol. The minimum Gasteiger partial charge on any atom is -0.334 e. The zero-order valence-electron chi connectivity index (χ0n) is 19.9. The monoisotopic (exact) mass is 551 g/mol. The number of hydrogen-bond donors (Lipinski definition) is 0. The Morgan fingerprint density at radius 2 is 1.81 bits per heavy atom. The second-order valence-corrected chi connectivity index (χ2v) is 10.3. The molecule has 0 fully saturated rings. The first-order valence-corrected chi connectivity index (χ1v) is 13.0. The standard InChI is InChI=1S/C28H23Cl2N3O3S/c1-19-5-9-24(10-6-19)37-27-12-8-23(33(35)36)16-20(27)18-32(15-13-22-4-2-3-14-31-22)28(34)25-11-7-21(29)17-26(25)30/h2-12,14,16-17H,13,15,18H2,1H3. The van der Waals surface area contributed by atoms with Gasteiger partial charge in [0.15, 0.2) is 0 Å². The highest BCUT2D eigenvalue weighted by Crippen LogP contribution is 2.34. The highest BCUT2D eigenvalue weighted by atomic mass is 35.5. The molecule has 9 heteroatoms. The Morgan fingerprint density at radius 1 is 1.03 bits per heavy atom. The highest BCUT2D eigenvalue weighted by molar-refractivity contribution is 7.99. The molecule has 0 atom stereocenters. The van der Waals surface area contributed by atoms with Crippen molar-refractivity contribution in [3.8, 4) is 0 Å². The van der Waals surface area contributed by atoms with Gasteiger partial charge in [-0.05, 0) is 61.0 Å². The third-order valence-electron chi connectivity index (χ3n) is 5.68. The van der Waals surface area contributed by atoms with Gasteiger partial charge in [0.1, 0.15) is 0 Å².